The van der Waals surface area contributed by atoms with Crippen LogP contribution >= 0.6 is 0 Å². The summed E-state index contributed by atoms with van der Waals surface area (Å²) in [4.78, 5) is 23.2. The van der Waals surface area contributed by atoms with E-state index in [4.69, 9.17) is 15.1 Å². The maximum absolute atomic E-state index is 11.8. The number of carbonyl (C=O) groups is 2. The molecule has 0 unspecified atom stereocenters. The number of aliphatic hydroxyl groups is 2. The van der Waals surface area contributed by atoms with Crippen molar-refractivity contribution in [1.29, 1.82) is 5.26 Å². The van der Waals surface area contributed by atoms with Crippen molar-refractivity contribution in [2.24, 2.45) is 0 Å². The van der Waals surface area contributed by atoms with E-state index < -0.39 is 31.1 Å². The standard InChI is InChI=1S/C12H15N3O5/c1-14-12(19)15(5-2-6-16)11-8(3-4-13)10(18)9(7-17)20-11/h2-3,5-6,9-11,17-18H,7H2,1H3,(H,14,19)/b5-2-,8-3+/t9-,10+,11-/m1/s1. The number of rotatable bonds is 4. The number of hydrogen-bond acceptors (Lipinski definition) is 6. The fourth-order valence-electron chi connectivity index (χ4n) is 1.79. The molecule has 8 nitrogen and oxygen atoms in total. The Bertz CT molecular complexity index is 468. The van der Waals surface area contributed by atoms with Gasteiger partial charge in [0.05, 0.1) is 12.7 Å². The number of nitrogens with one attached hydrogen (secondary N) is 1. The third-order valence-corrected chi connectivity index (χ3v) is 2.72. The number of nitriles is 1. The van der Waals surface area contributed by atoms with Gasteiger partial charge in [-0.2, -0.15) is 5.26 Å². The van der Waals surface area contributed by atoms with E-state index >= 15 is 0 Å². The first-order valence-electron chi connectivity index (χ1n) is 5.76. The van der Waals surface area contributed by atoms with Gasteiger partial charge in [-0.25, -0.2) is 4.79 Å². The summed E-state index contributed by atoms with van der Waals surface area (Å²) < 4.78 is 5.35. The number of hydrogen-bond donors (Lipinski definition) is 3. The summed E-state index contributed by atoms with van der Waals surface area (Å²) in [7, 11) is 1.38. The second-order valence-electron chi connectivity index (χ2n) is 3.87. The summed E-state index contributed by atoms with van der Waals surface area (Å²) >= 11 is 0. The van der Waals surface area contributed by atoms with E-state index in [1.807, 2.05) is 0 Å². The molecule has 20 heavy (non-hydrogen) atoms. The first-order chi connectivity index (χ1) is 9.60. The molecule has 8 heteroatoms. The summed E-state index contributed by atoms with van der Waals surface area (Å²) in [5, 5.41) is 30.1. The van der Waals surface area contributed by atoms with Gasteiger partial charge < -0.3 is 20.3 Å². The Hall–Kier alpha value is -2.21. The summed E-state index contributed by atoms with van der Waals surface area (Å²) in [5.74, 6) is 0. The van der Waals surface area contributed by atoms with Crippen LogP contribution in [-0.4, -0.2) is 59.5 Å². The van der Waals surface area contributed by atoms with Crippen LogP contribution in [0.3, 0.4) is 0 Å². The van der Waals surface area contributed by atoms with Gasteiger partial charge in [-0.05, 0) is 6.08 Å². The number of urea groups is 1. The maximum atomic E-state index is 11.8. The molecule has 1 rings (SSSR count). The third kappa shape index (κ3) is 3.21. The van der Waals surface area contributed by atoms with Crippen molar-refractivity contribution >= 4 is 12.3 Å². The largest absolute Gasteiger partial charge is 0.394 e. The molecule has 0 bridgehead atoms. The Morgan fingerprint density at radius 1 is 1.65 bits per heavy atom. The molecule has 0 aromatic rings. The summed E-state index contributed by atoms with van der Waals surface area (Å²) in [6, 6.07) is 1.15. The van der Waals surface area contributed by atoms with Crippen molar-refractivity contribution in [3.63, 3.8) is 0 Å². The zero-order valence-electron chi connectivity index (χ0n) is 10.8. The van der Waals surface area contributed by atoms with Gasteiger partial charge >= 0.3 is 6.03 Å². The molecule has 1 fully saturated rings. The SMILES string of the molecule is CNC(=O)N(/C=C\C=O)[C@@H]1O[C@H](CO)[C@@H](O)/C1=C\C#N. The van der Waals surface area contributed by atoms with Crippen molar-refractivity contribution in [2.75, 3.05) is 13.7 Å². The van der Waals surface area contributed by atoms with Crippen LogP contribution in [-0.2, 0) is 9.53 Å². The number of allylic oxidation sites excluding steroid dienone is 2. The van der Waals surface area contributed by atoms with Gasteiger partial charge in [-0.1, -0.05) is 0 Å². The van der Waals surface area contributed by atoms with Crippen LogP contribution in [0.4, 0.5) is 4.79 Å². The van der Waals surface area contributed by atoms with E-state index in [2.05, 4.69) is 5.32 Å². The topological polar surface area (TPSA) is 123 Å². The molecule has 0 spiro atoms. The lowest BCUT2D eigenvalue weighted by Crippen LogP contribution is -2.42. The average molecular weight is 281 g/mol. The molecule has 3 atom stereocenters. The lowest BCUT2D eigenvalue weighted by Gasteiger charge is -2.25. The summed E-state index contributed by atoms with van der Waals surface area (Å²) in [6.45, 7) is -0.473. The fraction of sp³-hybridized carbons (Fsp3) is 0.417. The molecule has 0 aromatic carbocycles. The molecular weight excluding hydrogens is 266 g/mol. The zero-order chi connectivity index (χ0) is 15.1. The predicted octanol–water partition coefficient (Wildman–Crippen LogP) is -1.13. The second-order valence-corrected chi connectivity index (χ2v) is 3.87. The number of ether oxygens (including phenoxy) is 1. The number of carbonyl (C=O) groups excluding carboxylic acids is 2. The van der Waals surface area contributed by atoms with Crippen LogP contribution in [0, 0.1) is 11.3 Å². The molecule has 0 aliphatic carbocycles. The summed E-state index contributed by atoms with van der Waals surface area (Å²) in [6.07, 6.45) is 0.527. The van der Waals surface area contributed by atoms with Gasteiger partial charge in [-0.3, -0.25) is 9.69 Å². The van der Waals surface area contributed by atoms with E-state index in [1.54, 1.807) is 6.07 Å². The molecule has 2 amide bonds. The molecule has 1 saturated heterocycles. The molecule has 0 saturated carbocycles. The minimum atomic E-state index is -1.21. The quantitative estimate of drug-likeness (QED) is 0.340. The van der Waals surface area contributed by atoms with Gasteiger partial charge in [0, 0.05) is 24.9 Å². The molecular formula is C12H15N3O5. The first kappa shape index (κ1) is 15.8. The van der Waals surface area contributed by atoms with E-state index in [9.17, 15) is 14.7 Å². The van der Waals surface area contributed by atoms with Crippen LogP contribution in [0.5, 0.6) is 0 Å². The van der Waals surface area contributed by atoms with E-state index in [-0.39, 0.29) is 5.57 Å². The Morgan fingerprint density at radius 2 is 2.35 bits per heavy atom. The lowest BCUT2D eigenvalue weighted by atomic mass is 10.1. The normalized spacial score (nSPS) is 27.5. The van der Waals surface area contributed by atoms with Crippen LogP contribution < -0.4 is 5.32 Å². The van der Waals surface area contributed by atoms with E-state index in [0.717, 1.165) is 23.3 Å². The highest BCUT2D eigenvalue weighted by molar-refractivity contribution is 5.77. The maximum Gasteiger partial charge on any atom is 0.323 e. The lowest BCUT2D eigenvalue weighted by molar-refractivity contribution is -0.104. The van der Waals surface area contributed by atoms with Gasteiger partial charge in [-0.15, -0.1) is 0 Å². The van der Waals surface area contributed by atoms with Crippen molar-refractivity contribution < 1.29 is 24.5 Å². The van der Waals surface area contributed by atoms with E-state index in [1.165, 1.54) is 7.05 Å². The van der Waals surface area contributed by atoms with Crippen molar-refractivity contribution in [1.82, 2.24) is 10.2 Å². The Labute approximate surface area is 115 Å². The van der Waals surface area contributed by atoms with Gasteiger partial charge in [0.15, 0.2) is 6.23 Å². The minimum absolute atomic E-state index is 0.130. The fourth-order valence-corrected chi connectivity index (χ4v) is 1.79. The monoisotopic (exact) mass is 281 g/mol. The van der Waals surface area contributed by atoms with Gasteiger partial charge in [0.2, 0.25) is 0 Å². The number of aldehydes is 1. The highest BCUT2D eigenvalue weighted by Gasteiger charge is 2.42. The Morgan fingerprint density at radius 3 is 2.85 bits per heavy atom. The first-order valence-corrected chi connectivity index (χ1v) is 5.76. The molecule has 3 N–H and O–H groups in total. The van der Waals surface area contributed by atoms with Crippen LogP contribution in [0.15, 0.2) is 23.9 Å². The zero-order valence-corrected chi connectivity index (χ0v) is 10.8. The third-order valence-electron chi connectivity index (χ3n) is 2.72. The highest BCUT2D eigenvalue weighted by atomic mass is 16.5. The van der Waals surface area contributed by atoms with Crippen LogP contribution in [0.25, 0.3) is 0 Å². The molecule has 108 valence electrons. The van der Waals surface area contributed by atoms with Crippen LogP contribution in [0.2, 0.25) is 0 Å². The number of amides is 2. The highest BCUT2D eigenvalue weighted by Crippen LogP contribution is 2.29. The molecule has 1 aliphatic heterocycles. The molecule has 0 aromatic heterocycles. The molecule has 1 aliphatic rings. The number of aliphatic hydroxyl groups excluding tert-OH is 2. The van der Waals surface area contributed by atoms with Crippen molar-refractivity contribution in [2.45, 2.75) is 18.4 Å². The molecule has 1 heterocycles. The smallest absolute Gasteiger partial charge is 0.323 e. The van der Waals surface area contributed by atoms with Crippen molar-refractivity contribution in [3.8, 4) is 6.07 Å². The van der Waals surface area contributed by atoms with Gasteiger partial charge in [0.25, 0.3) is 0 Å². The Kier molecular flexibility index (Phi) is 5.86. The average Bonchev–Trinajstić information content (AvgIpc) is 2.76. The summed E-state index contributed by atoms with van der Waals surface area (Å²) in [5.41, 5.74) is 0.130. The molecule has 0 radical (unpaired) electrons. The van der Waals surface area contributed by atoms with Gasteiger partial charge in [0.1, 0.15) is 18.5 Å². The number of nitrogens with zero attached hydrogens (tertiary/aromatic N) is 2. The second kappa shape index (κ2) is 7.40. The van der Waals surface area contributed by atoms with Crippen LogP contribution in [0.1, 0.15) is 0 Å². The van der Waals surface area contributed by atoms with E-state index in [0.29, 0.717) is 6.29 Å². The van der Waals surface area contributed by atoms with Crippen molar-refractivity contribution in [3.05, 3.63) is 23.9 Å². The minimum Gasteiger partial charge on any atom is -0.394 e. The Balaban J connectivity index is 3.13. The predicted molar refractivity (Wildman–Crippen MR) is 66.9 cm³/mol.